The molecule has 1 amide bonds. The van der Waals surface area contributed by atoms with Gasteiger partial charge < -0.3 is 9.47 Å². The largest absolute Gasteiger partial charge is 0.497 e. The number of methoxy groups -OCH3 is 1. The van der Waals surface area contributed by atoms with Gasteiger partial charge in [-0.1, -0.05) is 42.5 Å². The van der Waals surface area contributed by atoms with Gasteiger partial charge in [0.05, 0.1) is 13.7 Å². The molecule has 2 aromatic rings. The number of carbonyl (C=O) groups excluding carboxylic acids is 1. The highest BCUT2D eigenvalue weighted by molar-refractivity contribution is 5.66. The minimum atomic E-state index is -0.578. The molecular weight excluding hydrogens is 330 g/mol. The summed E-state index contributed by atoms with van der Waals surface area (Å²) in [5, 5.41) is 1.29. The zero-order valence-electron chi connectivity index (χ0n) is 15.9. The normalized spacial score (nSPS) is 11.1. The van der Waals surface area contributed by atoms with E-state index < -0.39 is 11.7 Å². The van der Waals surface area contributed by atoms with Gasteiger partial charge in [-0.05, 0) is 50.5 Å². The lowest BCUT2D eigenvalue weighted by Gasteiger charge is -2.26. The average Bonchev–Trinajstić information content (AvgIpc) is 2.61. The maximum absolute atomic E-state index is 12.5. The Kier molecular flexibility index (Phi) is 7.04. The molecule has 5 nitrogen and oxygen atoms in total. The van der Waals surface area contributed by atoms with Crippen LogP contribution < -0.4 is 4.74 Å². The van der Waals surface area contributed by atoms with Crippen molar-refractivity contribution in [1.82, 2.24) is 5.06 Å². The van der Waals surface area contributed by atoms with E-state index in [1.54, 1.807) is 7.11 Å². The van der Waals surface area contributed by atoms with Crippen molar-refractivity contribution in [2.24, 2.45) is 0 Å². The van der Waals surface area contributed by atoms with Gasteiger partial charge >= 0.3 is 6.09 Å². The van der Waals surface area contributed by atoms with Gasteiger partial charge in [0.25, 0.3) is 0 Å². The lowest BCUT2D eigenvalue weighted by Crippen LogP contribution is -2.38. The first kappa shape index (κ1) is 19.8. The molecule has 0 saturated heterocycles. The molecule has 26 heavy (non-hydrogen) atoms. The number of ether oxygens (including phenoxy) is 2. The monoisotopic (exact) mass is 357 g/mol. The SMILES string of the molecule is COc1ccc(CON(CCc2ccccc2)C(=O)OC(C)(C)C)cc1. The number of rotatable bonds is 7. The summed E-state index contributed by atoms with van der Waals surface area (Å²) < 4.78 is 10.6. The lowest BCUT2D eigenvalue weighted by atomic mass is 10.1. The molecule has 0 spiro atoms. The Morgan fingerprint density at radius 2 is 1.62 bits per heavy atom. The van der Waals surface area contributed by atoms with Crippen molar-refractivity contribution in [3.05, 3.63) is 65.7 Å². The molecule has 0 aromatic heterocycles. The van der Waals surface area contributed by atoms with Gasteiger partial charge in [0, 0.05) is 0 Å². The van der Waals surface area contributed by atoms with Crippen LogP contribution in [0.15, 0.2) is 54.6 Å². The molecule has 0 radical (unpaired) electrons. The molecule has 5 heteroatoms. The van der Waals surface area contributed by atoms with Crippen LogP contribution in [0.4, 0.5) is 4.79 Å². The fourth-order valence-electron chi connectivity index (χ4n) is 2.27. The van der Waals surface area contributed by atoms with E-state index in [9.17, 15) is 4.79 Å². The number of hydroxylamine groups is 2. The zero-order chi connectivity index (χ0) is 19.0. The third-order valence-electron chi connectivity index (χ3n) is 3.59. The molecule has 0 unspecified atom stereocenters. The van der Waals surface area contributed by atoms with E-state index in [1.807, 2.05) is 75.4 Å². The Balaban J connectivity index is 1.99. The van der Waals surface area contributed by atoms with Crippen molar-refractivity contribution >= 4 is 6.09 Å². The second-order valence-electron chi connectivity index (χ2n) is 6.94. The molecule has 0 bridgehead atoms. The summed E-state index contributed by atoms with van der Waals surface area (Å²) in [6, 6.07) is 17.5. The summed E-state index contributed by atoms with van der Waals surface area (Å²) in [5.41, 5.74) is 1.50. The molecule has 2 aromatic carbocycles. The first-order chi connectivity index (χ1) is 12.4. The molecule has 0 fully saturated rings. The highest BCUT2D eigenvalue weighted by Crippen LogP contribution is 2.15. The first-order valence-electron chi connectivity index (χ1n) is 8.67. The topological polar surface area (TPSA) is 48.0 Å². The van der Waals surface area contributed by atoms with Crippen LogP contribution in [0, 0.1) is 0 Å². The van der Waals surface area contributed by atoms with E-state index in [4.69, 9.17) is 14.3 Å². The van der Waals surface area contributed by atoms with E-state index in [-0.39, 0.29) is 6.61 Å². The van der Waals surface area contributed by atoms with Crippen molar-refractivity contribution in [1.29, 1.82) is 0 Å². The molecule has 0 atom stereocenters. The van der Waals surface area contributed by atoms with E-state index in [2.05, 4.69) is 0 Å². The van der Waals surface area contributed by atoms with Crippen LogP contribution in [0.5, 0.6) is 5.75 Å². The van der Waals surface area contributed by atoms with E-state index in [0.29, 0.717) is 13.0 Å². The van der Waals surface area contributed by atoms with Crippen molar-refractivity contribution in [3.63, 3.8) is 0 Å². The summed E-state index contributed by atoms with van der Waals surface area (Å²) in [6.45, 7) is 6.20. The van der Waals surface area contributed by atoms with Gasteiger partial charge in [0.15, 0.2) is 0 Å². The van der Waals surface area contributed by atoms with Crippen LogP contribution in [0.25, 0.3) is 0 Å². The number of amides is 1. The Morgan fingerprint density at radius 1 is 0.962 bits per heavy atom. The Hall–Kier alpha value is -2.53. The minimum Gasteiger partial charge on any atom is -0.497 e. The first-order valence-corrected chi connectivity index (χ1v) is 8.67. The molecule has 0 saturated carbocycles. The van der Waals surface area contributed by atoms with Gasteiger partial charge in [0.2, 0.25) is 0 Å². The molecule has 140 valence electrons. The van der Waals surface area contributed by atoms with Crippen molar-refractivity contribution in [3.8, 4) is 5.75 Å². The third-order valence-corrected chi connectivity index (χ3v) is 3.59. The van der Waals surface area contributed by atoms with E-state index in [1.165, 1.54) is 5.06 Å². The van der Waals surface area contributed by atoms with Gasteiger partial charge in [-0.2, -0.15) is 5.06 Å². The maximum atomic E-state index is 12.5. The second-order valence-corrected chi connectivity index (χ2v) is 6.94. The third kappa shape index (κ3) is 6.76. The summed E-state index contributed by atoms with van der Waals surface area (Å²) in [5.74, 6) is 0.779. The Bertz CT molecular complexity index is 677. The maximum Gasteiger partial charge on any atom is 0.434 e. The molecule has 0 aliphatic heterocycles. The molecular formula is C21H27NO4. The lowest BCUT2D eigenvalue weighted by molar-refractivity contribution is -0.155. The zero-order valence-corrected chi connectivity index (χ0v) is 15.9. The van der Waals surface area contributed by atoms with Gasteiger partial charge in [-0.25, -0.2) is 4.79 Å². The van der Waals surface area contributed by atoms with Crippen LogP contribution in [0.1, 0.15) is 31.9 Å². The van der Waals surface area contributed by atoms with Crippen LogP contribution in [-0.4, -0.2) is 30.4 Å². The number of carbonyl (C=O) groups is 1. The summed E-state index contributed by atoms with van der Waals surface area (Å²) >= 11 is 0. The average molecular weight is 357 g/mol. The summed E-state index contributed by atoms with van der Waals surface area (Å²) in [6.07, 6.45) is 0.199. The predicted molar refractivity (Wildman–Crippen MR) is 101 cm³/mol. The number of hydrogen-bond donors (Lipinski definition) is 0. The minimum absolute atomic E-state index is 0.276. The molecule has 0 N–H and O–H groups in total. The standard InChI is InChI=1S/C21H27NO4/c1-21(2,3)26-20(23)22(15-14-17-8-6-5-7-9-17)25-16-18-10-12-19(24-4)13-11-18/h5-13H,14-16H2,1-4H3. The van der Waals surface area contributed by atoms with E-state index in [0.717, 1.165) is 16.9 Å². The fourth-order valence-corrected chi connectivity index (χ4v) is 2.27. The van der Waals surface area contributed by atoms with Gasteiger partial charge in [-0.15, -0.1) is 0 Å². The van der Waals surface area contributed by atoms with Crippen LogP contribution in [0.3, 0.4) is 0 Å². The quantitative estimate of drug-likeness (QED) is 0.679. The van der Waals surface area contributed by atoms with Gasteiger partial charge in [0.1, 0.15) is 18.0 Å². The van der Waals surface area contributed by atoms with Crippen molar-refractivity contribution in [2.45, 2.75) is 39.4 Å². The van der Waals surface area contributed by atoms with Crippen molar-refractivity contribution in [2.75, 3.05) is 13.7 Å². The van der Waals surface area contributed by atoms with Gasteiger partial charge in [-0.3, -0.25) is 4.84 Å². The summed E-state index contributed by atoms with van der Waals surface area (Å²) in [7, 11) is 1.62. The van der Waals surface area contributed by atoms with Crippen LogP contribution >= 0.6 is 0 Å². The predicted octanol–water partition coefficient (Wildman–Crippen LogP) is 4.61. The van der Waals surface area contributed by atoms with Crippen LogP contribution in [-0.2, 0) is 22.6 Å². The number of nitrogens with zero attached hydrogens (tertiary/aromatic N) is 1. The summed E-state index contributed by atoms with van der Waals surface area (Å²) in [4.78, 5) is 18.2. The Morgan fingerprint density at radius 3 is 2.19 bits per heavy atom. The molecule has 2 rings (SSSR count). The highest BCUT2D eigenvalue weighted by atomic mass is 16.7. The fraction of sp³-hybridized carbons (Fsp3) is 0.381. The molecule has 0 aliphatic carbocycles. The number of benzene rings is 2. The second kappa shape index (κ2) is 9.25. The molecule has 0 aliphatic rings. The van der Waals surface area contributed by atoms with Crippen molar-refractivity contribution < 1.29 is 19.1 Å². The van der Waals surface area contributed by atoms with E-state index >= 15 is 0 Å². The smallest absolute Gasteiger partial charge is 0.434 e. The Labute approximate surface area is 155 Å². The van der Waals surface area contributed by atoms with Crippen LogP contribution in [0.2, 0.25) is 0 Å². The molecule has 0 heterocycles. The number of hydrogen-bond acceptors (Lipinski definition) is 4. The highest BCUT2D eigenvalue weighted by Gasteiger charge is 2.23.